The molecule has 188 valence electrons. The number of benzene rings is 5. The molecule has 0 saturated heterocycles. The Kier molecular flexibility index (Phi) is 4.44. The molecule has 0 aliphatic heterocycles. The molecule has 0 unspecified atom stereocenters. The van der Waals surface area contributed by atoms with Gasteiger partial charge in [-0.1, -0.05) is 76.6 Å². The average molecular weight is 578 g/mol. The molecule has 0 spiro atoms. The van der Waals surface area contributed by atoms with Crippen LogP contribution >= 0.6 is 15.9 Å². The highest BCUT2D eigenvalue weighted by Gasteiger charge is 2.19. The Hall–Kier alpha value is -4.87. The Morgan fingerprint density at radius 1 is 0.500 bits per heavy atom. The van der Waals surface area contributed by atoms with Gasteiger partial charge in [0.25, 0.3) is 0 Å². The smallest absolute Gasteiger partial charge is 0.162 e. The summed E-state index contributed by atoms with van der Waals surface area (Å²) in [6.07, 6.45) is 1.89. The zero-order valence-corrected chi connectivity index (χ0v) is 22.8. The van der Waals surface area contributed by atoms with Crippen molar-refractivity contribution >= 4 is 81.5 Å². The van der Waals surface area contributed by atoms with E-state index in [2.05, 4.69) is 110 Å². The van der Waals surface area contributed by atoms with Crippen molar-refractivity contribution in [2.75, 3.05) is 0 Å². The van der Waals surface area contributed by atoms with Crippen LogP contribution in [0.15, 0.2) is 126 Å². The molecule has 4 nitrogen and oxygen atoms in total. The van der Waals surface area contributed by atoms with Crippen LogP contribution in [0, 0.1) is 0 Å². The van der Waals surface area contributed by atoms with E-state index >= 15 is 0 Å². The minimum atomic E-state index is 0.778. The fourth-order valence-electron chi connectivity index (χ4n) is 6.44. The first-order valence-electron chi connectivity index (χ1n) is 13.3. The molecule has 0 atom stereocenters. The summed E-state index contributed by atoms with van der Waals surface area (Å²) in [5.41, 5.74) is 6.54. The Balaban J connectivity index is 1.54. The van der Waals surface area contributed by atoms with E-state index in [-0.39, 0.29) is 0 Å². The summed E-state index contributed by atoms with van der Waals surface area (Å²) in [5.74, 6) is 1.56. The average Bonchev–Trinajstić information content (AvgIpc) is 3.49. The van der Waals surface area contributed by atoms with Gasteiger partial charge in [0.15, 0.2) is 5.65 Å². The second kappa shape index (κ2) is 8.07. The Morgan fingerprint density at radius 2 is 1.12 bits per heavy atom. The lowest BCUT2D eigenvalue weighted by molar-refractivity contribution is 0.483. The highest BCUT2D eigenvalue weighted by atomic mass is 79.9. The van der Waals surface area contributed by atoms with Crippen molar-refractivity contribution in [2.24, 2.45) is 0 Å². The number of nitrogens with zero attached hydrogens (tertiary/aromatic N) is 3. The van der Waals surface area contributed by atoms with E-state index in [1.807, 2.05) is 36.5 Å². The predicted octanol–water partition coefficient (Wildman–Crippen LogP) is 9.91. The van der Waals surface area contributed by atoms with E-state index in [4.69, 9.17) is 9.72 Å². The van der Waals surface area contributed by atoms with Gasteiger partial charge in [0.1, 0.15) is 11.5 Å². The standard InChI is InChI=1S/C35H20BrN3O/c36-21-7-3-8-22(19-21)40-23-16-17-25-27-11-5-13-29-28-12-4-10-26-24-9-1-2-14-30(24)38(33(26)28)31-15-6-18-37-35(31)39(34(27)29)32(25)20-23/h1-20H. The van der Waals surface area contributed by atoms with Crippen LogP contribution in [0.5, 0.6) is 11.5 Å². The van der Waals surface area contributed by atoms with E-state index in [9.17, 15) is 0 Å². The molecule has 5 heteroatoms. The largest absolute Gasteiger partial charge is 0.457 e. The number of fused-ring (bicyclic) bond motifs is 10. The fourth-order valence-corrected chi connectivity index (χ4v) is 6.81. The number of ether oxygens (including phenoxy) is 1. The molecule has 0 radical (unpaired) electrons. The first kappa shape index (κ1) is 22.0. The third-order valence-electron chi connectivity index (χ3n) is 8.00. The number of aromatic nitrogens is 3. The van der Waals surface area contributed by atoms with Crippen LogP contribution in [-0.2, 0) is 0 Å². The molecule has 0 aliphatic rings. The lowest BCUT2D eigenvalue weighted by Crippen LogP contribution is -1.96. The van der Waals surface area contributed by atoms with Crippen molar-refractivity contribution in [3.63, 3.8) is 0 Å². The van der Waals surface area contributed by atoms with Crippen LogP contribution in [0.25, 0.3) is 65.5 Å². The maximum absolute atomic E-state index is 6.33. The van der Waals surface area contributed by atoms with Gasteiger partial charge in [-0.05, 0) is 48.5 Å². The van der Waals surface area contributed by atoms with Gasteiger partial charge in [-0.15, -0.1) is 0 Å². The second-order valence-corrected chi connectivity index (χ2v) is 11.1. The minimum Gasteiger partial charge on any atom is -0.457 e. The van der Waals surface area contributed by atoms with E-state index in [0.29, 0.717) is 0 Å². The molecule has 0 N–H and O–H groups in total. The minimum absolute atomic E-state index is 0.778. The molecule has 0 aliphatic carbocycles. The van der Waals surface area contributed by atoms with Gasteiger partial charge in [-0.2, -0.15) is 0 Å². The molecule has 0 saturated carbocycles. The van der Waals surface area contributed by atoms with Gasteiger partial charge in [-0.3, -0.25) is 4.40 Å². The number of halogens is 1. The van der Waals surface area contributed by atoms with Gasteiger partial charge in [-0.25, -0.2) is 4.98 Å². The maximum Gasteiger partial charge on any atom is 0.162 e. The summed E-state index contributed by atoms with van der Waals surface area (Å²) < 4.78 is 12.0. The normalized spacial score (nSPS) is 12.1. The summed E-state index contributed by atoms with van der Waals surface area (Å²) in [4.78, 5) is 5.03. The summed E-state index contributed by atoms with van der Waals surface area (Å²) in [6.45, 7) is 0. The Bertz CT molecular complexity index is 2490. The Labute approximate surface area is 236 Å². The van der Waals surface area contributed by atoms with Gasteiger partial charge in [0.05, 0.1) is 27.6 Å². The molecule has 4 aromatic heterocycles. The molecule has 0 fully saturated rings. The van der Waals surface area contributed by atoms with Gasteiger partial charge in [0, 0.05) is 49.1 Å². The summed E-state index contributed by atoms with van der Waals surface area (Å²) in [7, 11) is 0. The van der Waals surface area contributed by atoms with Crippen molar-refractivity contribution in [3.05, 3.63) is 126 Å². The van der Waals surface area contributed by atoms with Crippen molar-refractivity contribution in [1.29, 1.82) is 0 Å². The van der Waals surface area contributed by atoms with Crippen molar-refractivity contribution in [1.82, 2.24) is 13.8 Å². The summed E-state index contributed by atoms with van der Waals surface area (Å²) >= 11 is 3.56. The van der Waals surface area contributed by atoms with Crippen LogP contribution < -0.4 is 4.74 Å². The lowest BCUT2D eigenvalue weighted by atomic mass is 10.0. The topological polar surface area (TPSA) is 30.9 Å². The molecular formula is C35H20BrN3O. The lowest BCUT2D eigenvalue weighted by Gasteiger charge is -2.10. The van der Waals surface area contributed by atoms with Crippen LogP contribution in [0.1, 0.15) is 0 Å². The van der Waals surface area contributed by atoms with Gasteiger partial charge in [0.2, 0.25) is 0 Å². The number of para-hydroxylation sites is 3. The molecular weight excluding hydrogens is 558 g/mol. The number of hydrogen-bond donors (Lipinski definition) is 0. The second-order valence-electron chi connectivity index (χ2n) is 10.2. The van der Waals surface area contributed by atoms with Gasteiger partial charge < -0.3 is 9.14 Å². The molecule has 4 heterocycles. The third kappa shape index (κ3) is 2.93. The van der Waals surface area contributed by atoms with Gasteiger partial charge >= 0.3 is 0 Å². The predicted molar refractivity (Wildman–Crippen MR) is 168 cm³/mol. The number of rotatable bonds is 2. The first-order valence-corrected chi connectivity index (χ1v) is 14.0. The van der Waals surface area contributed by atoms with Crippen LogP contribution in [0.4, 0.5) is 0 Å². The Morgan fingerprint density at radius 3 is 1.93 bits per heavy atom. The molecule has 0 amide bonds. The first-order chi connectivity index (χ1) is 19.8. The monoisotopic (exact) mass is 577 g/mol. The number of hydrogen-bond acceptors (Lipinski definition) is 2. The summed E-state index contributed by atoms with van der Waals surface area (Å²) in [6, 6.07) is 40.4. The molecule has 5 aromatic carbocycles. The molecule has 9 aromatic rings. The SMILES string of the molecule is Brc1cccc(Oc2ccc3c4cccc5c6cccc7c8ccccc8n(c8cccnc8n(c3c2)c45)c76)c1. The number of pyridine rings is 1. The van der Waals surface area contributed by atoms with Crippen molar-refractivity contribution in [2.45, 2.75) is 0 Å². The highest BCUT2D eigenvalue weighted by Crippen LogP contribution is 2.41. The fraction of sp³-hybridized carbons (Fsp3) is 0. The van der Waals surface area contributed by atoms with E-state index in [0.717, 1.165) is 38.2 Å². The highest BCUT2D eigenvalue weighted by molar-refractivity contribution is 9.10. The quantitative estimate of drug-likeness (QED) is 0.204. The van der Waals surface area contributed by atoms with Crippen LogP contribution in [0.2, 0.25) is 0 Å². The zero-order chi connectivity index (χ0) is 26.4. The van der Waals surface area contributed by atoms with E-state index in [1.165, 1.54) is 43.4 Å². The van der Waals surface area contributed by atoms with E-state index in [1.54, 1.807) is 0 Å². The molecule has 9 rings (SSSR count). The van der Waals surface area contributed by atoms with E-state index < -0.39 is 0 Å². The van der Waals surface area contributed by atoms with Crippen molar-refractivity contribution < 1.29 is 4.74 Å². The third-order valence-corrected chi connectivity index (χ3v) is 8.49. The summed E-state index contributed by atoms with van der Waals surface area (Å²) in [5, 5.41) is 7.24. The maximum atomic E-state index is 6.33. The molecule has 40 heavy (non-hydrogen) atoms. The van der Waals surface area contributed by atoms with Crippen molar-refractivity contribution in [3.8, 4) is 11.5 Å². The zero-order valence-electron chi connectivity index (χ0n) is 21.2. The van der Waals surface area contributed by atoms with Crippen LogP contribution in [0.3, 0.4) is 0 Å². The molecule has 0 bridgehead atoms. The van der Waals surface area contributed by atoms with Crippen LogP contribution in [-0.4, -0.2) is 13.8 Å².